The van der Waals surface area contributed by atoms with Gasteiger partial charge in [0, 0.05) is 12.2 Å². The number of thiol groups is 1. The first-order valence-corrected chi connectivity index (χ1v) is 10.1. The number of aromatic hydroxyl groups is 2. The number of nitrogens with one attached hydrogen (secondary N) is 3. The number of aliphatic carboxylic acids is 2. The Bertz CT molecular complexity index is 857. The fourth-order valence-electron chi connectivity index (χ4n) is 2.22. The first kappa shape index (κ1) is 26.8. The van der Waals surface area contributed by atoms with E-state index in [-0.39, 0.29) is 18.6 Å². The Morgan fingerprint density at radius 3 is 2.03 bits per heavy atom. The second-order valence-electron chi connectivity index (χ2n) is 6.00. The first-order chi connectivity index (χ1) is 14.4. The lowest BCUT2D eigenvalue weighted by Gasteiger charge is -2.20. The van der Waals surface area contributed by atoms with Crippen LogP contribution in [0.4, 0.5) is 5.69 Å². The monoisotopic (exact) mass is 517 g/mol. The molecule has 0 aliphatic heterocycles. The van der Waals surface area contributed by atoms with Crippen molar-refractivity contribution in [3.05, 3.63) is 15.1 Å². The van der Waals surface area contributed by atoms with Gasteiger partial charge in [0.25, 0.3) is 0 Å². The van der Waals surface area contributed by atoms with E-state index in [1.807, 2.05) is 0 Å². The number of halogens is 3. The summed E-state index contributed by atoms with van der Waals surface area (Å²) in [6, 6.07) is -2.60. The molecule has 0 aromatic heterocycles. The topological polar surface area (TPSA) is 185 Å². The normalized spacial score (nSPS) is 12.5. The van der Waals surface area contributed by atoms with Crippen molar-refractivity contribution in [2.75, 3.05) is 17.6 Å². The molecule has 0 heterocycles. The lowest BCUT2D eigenvalue weighted by Crippen LogP contribution is -2.49. The average Bonchev–Trinajstić information content (AvgIpc) is 2.72. The van der Waals surface area contributed by atoms with Crippen LogP contribution in [0.2, 0.25) is 15.1 Å². The Kier molecular flexibility index (Phi) is 10.3. The summed E-state index contributed by atoms with van der Waals surface area (Å²) in [6.07, 6.45) is -0.708. The maximum absolute atomic E-state index is 12.1. The Morgan fingerprint density at radius 1 is 0.935 bits per heavy atom. The van der Waals surface area contributed by atoms with E-state index in [2.05, 4.69) is 28.6 Å². The smallest absolute Gasteiger partial charge is 0.326 e. The van der Waals surface area contributed by atoms with E-state index in [1.165, 1.54) is 0 Å². The van der Waals surface area contributed by atoms with Crippen molar-refractivity contribution in [2.24, 2.45) is 0 Å². The van der Waals surface area contributed by atoms with Gasteiger partial charge in [-0.25, -0.2) is 4.79 Å². The molecule has 0 spiro atoms. The van der Waals surface area contributed by atoms with Crippen LogP contribution in [0.25, 0.3) is 0 Å². The van der Waals surface area contributed by atoms with Gasteiger partial charge in [-0.3, -0.25) is 14.4 Å². The Hall–Kier alpha value is -2.28. The summed E-state index contributed by atoms with van der Waals surface area (Å²) >= 11 is 21.3. The minimum atomic E-state index is -1.46. The fraction of sp³-hybridized carbons (Fsp3) is 0.375. The number of benzene rings is 1. The van der Waals surface area contributed by atoms with E-state index in [1.54, 1.807) is 0 Å². The molecule has 172 valence electrons. The summed E-state index contributed by atoms with van der Waals surface area (Å²) in [6.45, 7) is -0.648. The zero-order valence-electron chi connectivity index (χ0n) is 15.5. The van der Waals surface area contributed by atoms with Gasteiger partial charge in [-0.15, -0.1) is 0 Å². The quantitative estimate of drug-likeness (QED) is 0.0925. The molecule has 0 unspecified atom stereocenters. The molecule has 31 heavy (non-hydrogen) atoms. The van der Waals surface area contributed by atoms with Crippen molar-refractivity contribution >= 4 is 76.9 Å². The molecule has 7 N–H and O–H groups in total. The minimum absolute atomic E-state index is 0.135. The summed E-state index contributed by atoms with van der Waals surface area (Å²) < 4.78 is 0. The van der Waals surface area contributed by atoms with Crippen LogP contribution in [0, 0.1) is 0 Å². The Balaban J connectivity index is 2.83. The van der Waals surface area contributed by atoms with Crippen LogP contribution in [-0.2, 0) is 19.2 Å². The third kappa shape index (κ3) is 7.42. The highest BCUT2D eigenvalue weighted by molar-refractivity contribution is 7.80. The molecule has 1 rings (SSSR count). The number of carboxylic acids is 2. The van der Waals surface area contributed by atoms with Crippen LogP contribution in [0.3, 0.4) is 0 Å². The van der Waals surface area contributed by atoms with Crippen molar-refractivity contribution in [1.29, 1.82) is 0 Å². The molecule has 1 aromatic rings. The van der Waals surface area contributed by atoms with Crippen molar-refractivity contribution in [1.82, 2.24) is 10.6 Å². The predicted octanol–water partition coefficient (Wildman–Crippen LogP) is 1.32. The summed E-state index contributed by atoms with van der Waals surface area (Å²) in [7, 11) is 0. The zero-order valence-corrected chi connectivity index (χ0v) is 18.6. The van der Waals surface area contributed by atoms with E-state index in [0.29, 0.717) is 0 Å². The number of amides is 2. The van der Waals surface area contributed by atoms with E-state index < -0.39 is 74.6 Å². The van der Waals surface area contributed by atoms with Gasteiger partial charge in [0.05, 0.1) is 0 Å². The van der Waals surface area contributed by atoms with Crippen molar-refractivity contribution in [3.63, 3.8) is 0 Å². The van der Waals surface area contributed by atoms with Crippen LogP contribution < -0.4 is 16.0 Å². The van der Waals surface area contributed by atoms with E-state index in [0.717, 1.165) is 0 Å². The number of phenolic OH excluding ortho intramolecular Hbond substituents is 2. The highest BCUT2D eigenvalue weighted by Crippen LogP contribution is 2.49. The number of rotatable bonds is 11. The lowest BCUT2D eigenvalue weighted by molar-refractivity contribution is -0.138. The third-order valence-electron chi connectivity index (χ3n) is 3.80. The lowest BCUT2D eigenvalue weighted by atomic mass is 10.1. The second kappa shape index (κ2) is 11.9. The standard InChI is InChI=1S/C16H18Cl3N3O8S/c17-9-10(18)14(27)12(11(19)13(9)26)22-5(16(29)30)1-2-7(23)21-6(4-31)15(28)20-3-8(24)25/h5-6,22,26-27,31H,1-4H2,(H,20,28)(H,21,23)(H,24,25)(H,29,30)/t5-,6-/m0/s1. The van der Waals surface area contributed by atoms with Gasteiger partial charge in [-0.2, -0.15) is 12.6 Å². The summed E-state index contributed by atoms with van der Waals surface area (Å²) in [4.78, 5) is 46.0. The highest BCUT2D eigenvalue weighted by atomic mass is 35.5. The van der Waals surface area contributed by atoms with E-state index >= 15 is 0 Å². The van der Waals surface area contributed by atoms with Gasteiger partial charge in [-0.1, -0.05) is 34.8 Å². The minimum Gasteiger partial charge on any atom is -0.505 e. The van der Waals surface area contributed by atoms with E-state index in [9.17, 15) is 34.5 Å². The highest BCUT2D eigenvalue weighted by Gasteiger charge is 2.27. The molecule has 0 saturated heterocycles. The first-order valence-electron chi connectivity index (χ1n) is 8.38. The third-order valence-corrected chi connectivity index (χ3v) is 5.36. The molecular weight excluding hydrogens is 501 g/mol. The maximum Gasteiger partial charge on any atom is 0.326 e. The van der Waals surface area contributed by atoms with Crippen molar-refractivity contribution < 1.29 is 39.6 Å². The van der Waals surface area contributed by atoms with Crippen LogP contribution in [0.5, 0.6) is 11.5 Å². The number of carbonyl (C=O) groups excluding carboxylic acids is 2. The summed E-state index contributed by atoms with van der Waals surface area (Å²) in [5.41, 5.74) is -0.400. The molecule has 2 atom stereocenters. The maximum atomic E-state index is 12.1. The van der Waals surface area contributed by atoms with Gasteiger partial charge in [-0.05, 0) is 6.42 Å². The molecule has 2 amide bonds. The van der Waals surface area contributed by atoms with Crippen molar-refractivity contribution in [2.45, 2.75) is 24.9 Å². The summed E-state index contributed by atoms with van der Waals surface area (Å²) in [5.74, 6) is -5.70. The zero-order chi connectivity index (χ0) is 23.9. The number of hydrogen-bond acceptors (Lipinski definition) is 8. The molecule has 0 bridgehead atoms. The molecule has 15 heteroatoms. The number of phenols is 2. The molecular formula is C16H18Cl3N3O8S. The SMILES string of the molecule is O=C(O)CNC(=O)[C@H](CS)NC(=O)CC[C@H](Nc1c(O)c(Cl)c(Cl)c(O)c1Cl)C(=O)O. The van der Waals surface area contributed by atoms with Gasteiger partial charge >= 0.3 is 11.9 Å². The second-order valence-corrected chi connectivity index (χ2v) is 7.50. The largest absolute Gasteiger partial charge is 0.505 e. The Labute approximate surface area is 196 Å². The van der Waals surface area contributed by atoms with E-state index in [4.69, 9.17) is 39.9 Å². The van der Waals surface area contributed by atoms with Crippen molar-refractivity contribution in [3.8, 4) is 11.5 Å². The number of anilines is 1. The molecule has 0 aliphatic rings. The van der Waals surface area contributed by atoms with Gasteiger partial charge < -0.3 is 36.4 Å². The molecule has 0 saturated carbocycles. The van der Waals surface area contributed by atoms with Crippen LogP contribution >= 0.6 is 47.4 Å². The molecule has 0 aliphatic carbocycles. The predicted molar refractivity (Wildman–Crippen MR) is 116 cm³/mol. The molecule has 1 aromatic carbocycles. The van der Waals surface area contributed by atoms with Gasteiger partial charge in [0.15, 0.2) is 11.5 Å². The molecule has 0 radical (unpaired) electrons. The van der Waals surface area contributed by atoms with Gasteiger partial charge in [0.2, 0.25) is 11.8 Å². The number of carboxylic acid groups (broad SMARTS) is 2. The number of hydrogen-bond donors (Lipinski definition) is 8. The Morgan fingerprint density at radius 2 is 1.52 bits per heavy atom. The molecule has 0 fully saturated rings. The summed E-state index contributed by atoms with van der Waals surface area (Å²) in [5, 5.41) is 43.2. The fourth-order valence-corrected chi connectivity index (χ4v) is 3.13. The van der Waals surface area contributed by atoms with Crippen LogP contribution in [0.1, 0.15) is 12.8 Å². The average molecular weight is 519 g/mol. The van der Waals surface area contributed by atoms with Crippen LogP contribution in [0.15, 0.2) is 0 Å². The van der Waals surface area contributed by atoms with Crippen LogP contribution in [-0.4, -0.2) is 68.6 Å². The molecule has 11 nitrogen and oxygen atoms in total. The number of carbonyl (C=O) groups is 4. The van der Waals surface area contributed by atoms with Gasteiger partial charge in [0.1, 0.15) is 39.4 Å².